The number of nitrogens with one attached hydrogen (secondary N) is 1. The highest BCUT2D eigenvalue weighted by molar-refractivity contribution is 5.96. The molecule has 0 aliphatic rings. The van der Waals surface area contributed by atoms with Crippen LogP contribution in [0, 0.1) is 5.82 Å². The smallest absolute Gasteiger partial charge is 0.340 e. The van der Waals surface area contributed by atoms with E-state index >= 15 is 0 Å². The molecule has 5 nitrogen and oxygen atoms in total. The molecule has 1 aromatic carbocycles. The Labute approximate surface area is 118 Å². The number of rotatable bonds is 6. The lowest BCUT2D eigenvalue weighted by Gasteiger charge is -2.25. The first-order valence-corrected chi connectivity index (χ1v) is 6.36. The number of nitrogens with two attached hydrogens (primary N) is 1. The molecule has 112 valence electrons. The summed E-state index contributed by atoms with van der Waals surface area (Å²) >= 11 is 0. The normalized spacial score (nSPS) is 11.2. The van der Waals surface area contributed by atoms with Crippen molar-refractivity contribution in [2.75, 3.05) is 31.3 Å². The van der Waals surface area contributed by atoms with Crippen molar-refractivity contribution in [2.45, 2.75) is 26.4 Å². The average Bonchev–Trinajstić information content (AvgIpc) is 2.36. The van der Waals surface area contributed by atoms with Gasteiger partial charge in [-0.15, -0.1) is 0 Å². The highest BCUT2D eigenvalue weighted by Crippen LogP contribution is 2.23. The Hall–Kier alpha value is -1.82. The van der Waals surface area contributed by atoms with Gasteiger partial charge in [0.25, 0.3) is 0 Å². The zero-order valence-electron chi connectivity index (χ0n) is 12.2. The zero-order chi connectivity index (χ0) is 15.3. The number of ether oxygens (including phenoxy) is 2. The predicted octanol–water partition coefficient (Wildman–Crippen LogP) is 2.42. The summed E-state index contributed by atoms with van der Waals surface area (Å²) in [5, 5.41) is 2.92. The van der Waals surface area contributed by atoms with Crippen molar-refractivity contribution in [3.05, 3.63) is 23.5 Å². The lowest BCUT2D eigenvalue weighted by molar-refractivity contribution is 0.000661. The van der Waals surface area contributed by atoms with Crippen molar-refractivity contribution in [3.8, 4) is 0 Å². The van der Waals surface area contributed by atoms with Crippen LogP contribution in [-0.2, 0) is 9.47 Å². The van der Waals surface area contributed by atoms with E-state index in [0.29, 0.717) is 13.2 Å². The fourth-order valence-electron chi connectivity index (χ4n) is 1.76. The van der Waals surface area contributed by atoms with Crippen molar-refractivity contribution < 1.29 is 18.7 Å². The van der Waals surface area contributed by atoms with Crippen LogP contribution >= 0.6 is 0 Å². The fraction of sp³-hybridized carbons (Fsp3) is 0.500. The number of hydrogen-bond donors (Lipinski definition) is 2. The van der Waals surface area contributed by atoms with Crippen LogP contribution in [0.4, 0.5) is 15.8 Å². The van der Waals surface area contributed by atoms with Crippen LogP contribution in [0.3, 0.4) is 0 Å². The number of benzene rings is 1. The van der Waals surface area contributed by atoms with Gasteiger partial charge in [-0.05, 0) is 32.9 Å². The molecule has 0 heterocycles. The van der Waals surface area contributed by atoms with Gasteiger partial charge in [0.1, 0.15) is 5.82 Å². The van der Waals surface area contributed by atoms with E-state index in [4.69, 9.17) is 10.5 Å². The molecule has 0 saturated carbocycles. The molecule has 0 aliphatic carbocycles. The van der Waals surface area contributed by atoms with Gasteiger partial charge in [0.05, 0.1) is 24.0 Å². The molecule has 3 N–H and O–H groups in total. The van der Waals surface area contributed by atoms with E-state index in [1.54, 1.807) is 0 Å². The van der Waals surface area contributed by atoms with Gasteiger partial charge in [-0.3, -0.25) is 0 Å². The summed E-state index contributed by atoms with van der Waals surface area (Å²) in [6.45, 7) is 6.62. The number of carbonyl (C=O) groups is 1. The molecule has 0 aromatic heterocycles. The second-order valence-electron chi connectivity index (χ2n) is 4.96. The lowest BCUT2D eigenvalue weighted by Crippen LogP contribution is -2.33. The molecule has 1 aromatic rings. The minimum atomic E-state index is -0.602. The number of anilines is 2. The van der Waals surface area contributed by atoms with Gasteiger partial charge >= 0.3 is 5.97 Å². The van der Waals surface area contributed by atoms with Gasteiger partial charge < -0.3 is 20.5 Å². The van der Waals surface area contributed by atoms with Gasteiger partial charge in [-0.25, -0.2) is 9.18 Å². The van der Waals surface area contributed by atoms with E-state index in [1.165, 1.54) is 13.2 Å². The van der Waals surface area contributed by atoms with Crippen LogP contribution in [0.5, 0.6) is 0 Å². The lowest BCUT2D eigenvalue weighted by atomic mass is 10.1. The third-order valence-corrected chi connectivity index (χ3v) is 2.78. The maximum Gasteiger partial charge on any atom is 0.340 e. The number of hydrogen-bond acceptors (Lipinski definition) is 5. The first-order chi connectivity index (χ1) is 9.30. The molecule has 20 heavy (non-hydrogen) atoms. The predicted molar refractivity (Wildman–Crippen MR) is 76.3 cm³/mol. The van der Waals surface area contributed by atoms with Gasteiger partial charge in [0, 0.05) is 18.8 Å². The molecule has 0 amide bonds. The van der Waals surface area contributed by atoms with E-state index in [1.807, 2.05) is 20.8 Å². The van der Waals surface area contributed by atoms with Crippen molar-refractivity contribution in [3.63, 3.8) is 0 Å². The van der Waals surface area contributed by atoms with Crippen LogP contribution in [0.15, 0.2) is 12.1 Å². The molecule has 0 bridgehead atoms. The second kappa shape index (κ2) is 6.56. The van der Waals surface area contributed by atoms with E-state index in [9.17, 15) is 9.18 Å². The Balaban J connectivity index is 2.93. The molecular formula is C14H21FN2O3. The maximum atomic E-state index is 13.8. The summed E-state index contributed by atoms with van der Waals surface area (Å²) in [5.41, 5.74) is 5.52. The van der Waals surface area contributed by atoms with Gasteiger partial charge in [0.2, 0.25) is 0 Å². The third-order valence-electron chi connectivity index (χ3n) is 2.78. The molecule has 0 unspecified atom stereocenters. The minimum absolute atomic E-state index is 0.0453. The van der Waals surface area contributed by atoms with Gasteiger partial charge in [0.15, 0.2) is 0 Å². The topological polar surface area (TPSA) is 73.6 Å². The molecule has 0 aliphatic heterocycles. The van der Waals surface area contributed by atoms with Crippen LogP contribution in [0.2, 0.25) is 0 Å². The van der Waals surface area contributed by atoms with E-state index in [2.05, 4.69) is 10.1 Å². The standard InChI is InChI=1S/C14H21FN2O3/c1-5-20-14(2,3)8-17-12-6-9(13(18)19-4)11(16)7-10(12)15/h6-7,17H,5,8,16H2,1-4H3. The highest BCUT2D eigenvalue weighted by atomic mass is 19.1. The molecule has 6 heteroatoms. The first kappa shape index (κ1) is 16.2. The minimum Gasteiger partial charge on any atom is -0.465 e. The first-order valence-electron chi connectivity index (χ1n) is 6.36. The van der Waals surface area contributed by atoms with Crippen molar-refractivity contribution in [2.24, 2.45) is 0 Å². The molecule has 1 rings (SSSR count). The molecule has 0 fully saturated rings. The Morgan fingerprint density at radius 3 is 2.65 bits per heavy atom. The Bertz CT molecular complexity index is 490. The molecular weight excluding hydrogens is 263 g/mol. The van der Waals surface area contributed by atoms with Crippen molar-refractivity contribution >= 4 is 17.3 Å². The zero-order valence-corrected chi connectivity index (χ0v) is 12.2. The third kappa shape index (κ3) is 4.09. The fourth-order valence-corrected chi connectivity index (χ4v) is 1.76. The van der Waals surface area contributed by atoms with Crippen LogP contribution in [-0.4, -0.2) is 31.8 Å². The van der Waals surface area contributed by atoms with E-state index in [-0.39, 0.29) is 16.9 Å². The Kier molecular flexibility index (Phi) is 5.33. The number of halogens is 1. The number of methoxy groups -OCH3 is 1. The van der Waals surface area contributed by atoms with E-state index in [0.717, 1.165) is 6.07 Å². The summed E-state index contributed by atoms with van der Waals surface area (Å²) in [4.78, 5) is 11.5. The van der Waals surface area contributed by atoms with Crippen LogP contribution < -0.4 is 11.1 Å². The summed E-state index contributed by atoms with van der Waals surface area (Å²) in [7, 11) is 1.25. The van der Waals surface area contributed by atoms with Crippen molar-refractivity contribution in [1.29, 1.82) is 0 Å². The quantitative estimate of drug-likeness (QED) is 0.620. The molecule has 0 atom stereocenters. The monoisotopic (exact) mass is 284 g/mol. The number of carbonyl (C=O) groups excluding carboxylic acids is 1. The highest BCUT2D eigenvalue weighted by Gasteiger charge is 2.19. The molecule has 0 radical (unpaired) electrons. The SMILES string of the molecule is CCOC(C)(C)CNc1cc(C(=O)OC)c(N)cc1F. The summed E-state index contributed by atoms with van der Waals surface area (Å²) in [6, 6.07) is 2.45. The summed E-state index contributed by atoms with van der Waals surface area (Å²) in [5.74, 6) is -1.13. The Morgan fingerprint density at radius 1 is 1.45 bits per heavy atom. The largest absolute Gasteiger partial charge is 0.465 e. The number of nitrogen functional groups attached to an aromatic ring is 1. The number of esters is 1. The van der Waals surface area contributed by atoms with Crippen LogP contribution in [0.1, 0.15) is 31.1 Å². The molecule has 0 spiro atoms. The molecule has 0 saturated heterocycles. The Morgan fingerprint density at radius 2 is 2.10 bits per heavy atom. The van der Waals surface area contributed by atoms with Crippen LogP contribution in [0.25, 0.3) is 0 Å². The second-order valence-corrected chi connectivity index (χ2v) is 4.96. The average molecular weight is 284 g/mol. The summed E-state index contributed by atoms with van der Waals surface area (Å²) in [6.07, 6.45) is 0. The van der Waals surface area contributed by atoms with Gasteiger partial charge in [-0.2, -0.15) is 0 Å². The van der Waals surface area contributed by atoms with Gasteiger partial charge in [-0.1, -0.05) is 0 Å². The maximum absolute atomic E-state index is 13.8. The summed E-state index contributed by atoms with van der Waals surface area (Å²) < 4.78 is 23.9. The van der Waals surface area contributed by atoms with Crippen molar-refractivity contribution in [1.82, 2.24) is 0 Å². The van der Waals surface area contributed by atoms with E-state index < -0.39 is 17.4 Å².